The van der Waals surface area contributed by atoms with Crippen LogP contribution in [0.15, 0.2) is 60.9 Å². The van der Waals surface area contributed by atoms with Gasteiger partial charge in [0.05, 0.1) is 5.92 Å². The van der Waals surface area contributed by atoms with Gasteiger partial charge >= 0.3 is 0 Å². The monoisotopic (exact) mass is 415 g/mol. The van der Waals surface area contributed by atoms with Crippen LogP contribution < -0.4 is 5.32 Å². The van der Waals surface area contributed by atoms with Crippen LogP contribution in [0.4, 0.5) is 5.82 Å². The van der Waals surface area contributed by atoms with E-state index in [2.05, 4.69) is 34.3 Å². The van der Waals surface area contributed by atoms with Crippen LogP contribution in [0, 0.1) is 6.92 Å². The first-order valence-corrected chi connectivity index (χ1v) is 11.0. The first-order valence-electron chi connectivity index (χ1n) is 11.0. The zero-order chi connectivity index (χ0) is 21.6. The maximum Gasteiger partial charge on any atom is 0.230 e. The van der Waals surface area contributed by atoms with Crippen molar-refractivity contribution in [2.45, 2.75) is 45.1 Å². The molecule has 4 rings (SSSR count). The molecule has 1 aliphatic rings. The van der Waals surface area contributed by atoms with Crippen LogP contribution in [-0.4, -0.2) is 44.9 Å². The molecular formula is C25H29N5O. The van der Waals surface area contributed by atoms with Crippen molar-refractivity contribution in [3.63, 3.8) is 0 Å². The van der Waals surface area contributed by atoms with E-state index in [4.69, 9.17) is 4.98 Å². The second kappa shape index (κ2) is 9.69. The highest BCUT2D eigenvalue weighted by Gasteiger charge is 2.28. The first-order chi connectivity index (χ1) is 15.1. The number of aromatic nitrogens is 3. The van der Waals surface area contributed by atoms with Crippen molar-refractivity contribution in [2.75, 3.05) is 18.4 Å². The second-order valence-corrected chi connectivity index (χ2v) is 8.07. The van der Waals surface area contributed by atoms with Gasteiger partial charge in [0.25, 0.3) is 0 Å². The van der Waals surface area contributed by atoms with Gasteiger partial charge in [0, 0.05) is 48.8 Å². The summed E-state index contributed by atoms with van der Waals surface area (Å²) in [7, 11) is 0. The van der Waals surface area contributed by atoms with Crippen molar-refractivity contribution >= 4 is 11.7 Å². The number of benzene rings is 1. The summed E-state index contributed by atoms with van der Waals surface area (Å²) in [6.07, 6.45) is 6.13. The van der Waals surface area contributed by atoms with Gasteiger partial charge in [0.1, 0.15) is 5.82 Å². The molecule has 160 valence electrons. The minimum atomic E-state index is -0.0573. The van der Waals surface area contributed by atoms with Gasteiger partial charge < -0.3 is 10.2 Å². The number of anilines is 1. The lowest BCUT2D eigenvalue weighted by molar-refractivity contribution is -0.133. The van der Waals surface area contributed by atoms with Gasteiger partial charge in [-0.15, -0.1) is 0 Å². The molecule has 1 aromatic carbocycles. The molecule has 0 aliphatic carbocycles. The third kappa shape index (κ3) is 5.08. The molecule has 3 heterocycles. The molecule has 0 radical (unpaired) electrons. The molecule has 1 saturated heterocycles. The fraction of sp³-hybridized carbons (Fsp3) is 0.360. The Bertz CT molecular complexity index is 1000. The fourth-order valence-corrected chi connectivity index (χ4v) is 4.18. The largest absolute Gasteiger partial charge is 0.367 e. The number of nitrogens with zero attached hydrogens (tertiary/aromatic N) is 4. The molecule has 1 atom stereocenters. The van der Waals surface area contributed by atoms with Crippen LogP contribution in [-0.2, 0) is 4.79 Å². The van der Waals surface area contributed by atoms with Crippen LogP contribution >= 0.6 is 0 Å². The quantitative estimate of drug-likeness (QED) is 0.644. The highest BCUT2D eigenvalue weighted by molar-refractivity contribution is 5.83. The molecule has 1 amide bonds. The zero-order valence-electron chi connectivity index (χ0n) is 18.2. The predicted octanol–water partition coefficient (Wildman–Crippen LogP) is 4.44. The van der Waals surface area contributed by atoms with Crippen LogP contribution in [0.1, 0.15) is 43.4 Å². The average Bonchev–Trinajstić information content (AvgIpc) is 2.81. The van der Waals surface area contributed by atoms with Crippen molar-refractivity contribution in [1.82, 2.24) is 19.9 Å². The maximum atomic E-state index is 13.1. The molecule has 1 unspecified atom stereocenters. The van der Waals surface area contributed by atoms with E-state index >= 15 is 0 Å². The number of hydrogen-bond acceptors (Lipinski definition) is 5. The first kappa shape index (κ1) is 21.0. The number of pyridine rings is 1. The molecule has 0 bridgehead atoms. The van der Waals surface area contributed by atoms with Gasteiger partial charge in [0.15, 0.2) is 5.82 Å². The van der Waals surface area contributed by atoms with Gasteiger partial charge in [-0.05, 0) is 43.9 Å². The third-order valence-electron chi connectivity index (χ3n) is 5.86. The molecule has 1 aliphatic heterocycles. The van der Waals surface area contributed by atoms with E-state index in [0.717, 1.165) is 55.0 Å². The standard InChI is InChI=1S/C25H29N5O/c1-3-22(19-7-5-4-6-8-19)25(31)30-15-11-21(12-16-30)28-23-17-18(2)27-24(29-23)20-9-13-26-14-10-20/h4-10,13-14,17,21-22H,3,11-12,15-16H2,1-2H3,(H,27,28,29). The van der Waals surface area contributed by atoms with E-state index in [0.29, 0.717) is 11.9 Å². The van der Waals surface area contributed by atoms with Gasteiger partial charge in [-0.2, -0.15) is 0 Å². The Balaban J connectivity index is 1.38. The Morgan fingerprint density at radius 2 is 1.81 bits per heavy atom. The lowest BCUT2D eigenvalue weighted by Crippen LogP contribution is -2.44. The number of nitrogens with one attached hydrogen (secondary N) is 1. The van der Waals surface area contributed by atoms with E-state index in [1.165, 1.54) is 0 Å². The number of amides is 1. The Hall–Kier alpha value is -3.28. The number of aryl methyl sites for hydroxylation is 1. The molecule has 0 saturated carbocycles. The van der Waals surface area contributed by atoms with Crippen molar-refractivity contribution in [3.8, 4) is 11.4 Å². The molecule has 0 spiro atoms. The van der Waals surface area contributed by atoms with Crippen LogP contribution in [0.3, 0.4) is 0 Å². The smallest absolute Gasteiger partial charge is 0.230 e. The molecule has 6 nitrogen and oxygen atoms in total. The lowest BCUT2D eigenvalue weighted by Gasteiger charge is -2.34. The van der Waals surface area contributed by atoms with Crippen LogP contribution in [0.5, 0.6) is 0 Å². The summed E-state index contributed by atoms with van der Waals surface area (Å²) in [6, 6.07) is 16.2. The van der Waals surface area contributed by atoms with E-state index in [1.54, 1.807) is 12.4 Å². The van der Waals surface area contributed by atoms with E-state index < -0.39 is 0 Å². The highest BCUT2D eigenvalue weighted by atomic mass is 16.2. The number of hydrogen-bond donors (Lipinski definition) is 1. The Kier molecular flexibility index (Phi) is 6.55. The number of carbonyl (C=O) groups excluding carboxylic acids is 1. The predicted molar refractivity (Wildman–Crippen MR) is 123 cm³/mol. The van der Waals surface area contributed by atoms with Gasteiger partial charge in [-0.3, -0.25) is 9.78 Å². The molecule has 1 N–H and O–H groups in total. The van der Waals surface area contributed by atoms with E-state index in [1.807, 2.05) is 48.2 Å². The highest BCUT2D eigenvalue weighted by Crippen LogP contribution is 2.25. The van der Waals surface area contributed by atoms with E-state index in [-0.39, 0.29) is 11.8 Å². The lowest BCUT2D eigenvalue weighted by atomic mass is 9.93. The molecule has 31 heavy (non-hydrogen) atoms. The number of rotatable bonds is 6. The number of likely N-dealkylation sites (tertiary alicyclic amines) is 1. The van der Waals surface area contributed by atoms with Crippen molar-refractivity contribution in [1.29, 1.82) is 0 Å². The topological polar surface area (TPSA) is 71.0 Å². The molecule has 3 aromatic rings. The number of carbonyl (C=O) groups is 1. The minimum absolute atomic E-state index is 0.0573. The molecule has 2 aromatic heterocycles. The summed E-state index contributed by atoms with van der Waals surface area (Å²) in [5, 5.41) is 3.56. The Morgan fingerprint density at radius 3 is 2.48 bits per heavy atom. The fourth-order valence-electron chi connectivity index (χ4n) is 4.18. The number of piperidine rings is 1. The minimum Gasteiger partial charge on any atom is -0.367 e. The van der Waals surface area contributed by atoms with Gasteiger partial charge in [-0.25, -0.2) is 9.97 Å². The van der Waals surface area contributed by atoms with Crippen molar-refractivity contribution in [3.05, 3.63) is 72.2 Å². The second-order valence-electron chi connectivity index (χ2n) is 8.07. The van der Waals surface area contributed by atoms with Crippen LogP contribution in [0.25, 0.3) is 11.4 Å². The SMILES string of the molecule is CCC(C(=O)N1CCC(Nc2cc(C)nc(-c3ccncc3)n2)CC1)c1ccccc1. The molecular weight excluding hydrogens is 386 g/mol. The summed E-state index contributed by atoms with van der Waals surface area (Å²) < 4.78 is 0. The summed E-state index contributed by atoms with van der Waals surface area (Å²) in [4.78, 5) is 28.5. The summed E-state index contributed by atoms with van der Waals surface area (Å²) in [6.45, 7) is 5.59. The van der Waals surface area contributed by atoms with Gasteiger partial charge in [0.2, 0.25) is 5.91 Å². The summed E-state index contributed by atoms with van der Waals surface area (Å²) >= 11 is 0. The van der Waals surface area contributed by atoms with Crippen LogP contribution in [0.2, 0.25) is 0 Å². The van der Waals surface area contributed by atoms with Gasteiger partial charge in [-0.1, -0.05) is 37.3 Å². The summed E-state index contributed by atoms with van der Waals surface area (Å²) in [5.41, 5.74) is 2.98. The van der Waals surface area contributed by atoms with E-state index in [9.17, 15) is 4.79 Å². The molecule has 6 heteroatoms. The Morgan fingerprint density at radius 1 is 1.10 bits per heavy atom. The third-order valence-corrected chi connectivity index (χ3v) is 5.86. The van der Waals surface area contributed by atoms with Crippen molar-refractivity contribution in [2.24, 2.45) is 0 Å². The summed E-state index contributed by atoms with van der Waals surface area (Å²) in [5.74, 6) is 1.72. The maximum absolute atomic E-state index is 13.1. The Labute approximate surface area is 183 Å². The molecule has 1 fully saturated rings. The zero-order valence-corrected chi connectivity index (χ0v) is 18.2. The average molecular weight is 416 g/mol. The normalized spacial score (nSPS) is 15.5. The van der Waals surface area contributed by atoms with Crippen molar-refractivity contribution < 1.29 is 4.79 Å².